The Labute approximate surface area is 157 Å². The van der Waals surface area contributed by atoms with Gasteiger partial charge in [0.1, 0.15) is 6.04 Å². The van der Waals surface area contributed by atoms with Gasteiger partial charge in [-0.3, -0.25) is 14.5 Å². The van der Waals surface area contributed by atoms with E-state index in [0.29, 0.717) is 13.0 Å². The Bertz CT molecular complexity index is 869. The van der Waals surface area contributed by atoms with Crippen molar-refractivity contribution in [1.29, 1.82) is 0 Å². The van der Waals surface area contributed by atoms with Crippen LogP contribution in [0, 0.1) is 0 Å². The van der Waals surface area contributed by atoms with Gasteiger partial charge in [-0.15, -0.1) is 0 Å². The highest BCUT2D eigenvalue weighted by Crippen LogP contribution is 2.20. The summed E-state index contributed by atoms with van der Waals surface area (Å²) in [5.41, 5.74) is 2.10. The van der Waals surface area contributed by atoms with E-state index in [1.54, 1.807) is 0 Å². The van der Waals surface area contributed by atoms with E-state index in [0.717, 1.165) is 42.1 Å². The molecule has 3 N–H and O–H groups in total. The fraction of sp³-hybridized carbons (Fsp3) is 0.450. The Morgan fingerprint density at radius 2 is 1.96 bits per heavy atom. The van der Waals surface area contributed by atoms with Gasteiger partial charge >= 0.3 is 6.03 Å². The number of hydrogen-bond acceptors (Lipinski definition) is 3. The molecule has 1 atom stereocenters. The van der Waals surface area contributed by atoms with E-state index < -0.39 is 12.1 Å². The number of H-pyrrole nitrogens is 1. The van der Waals surface area contributed by atoms with Crippen LogP contribution >= 0.6 is 0 Å². The van der Waals surface area contributed by atoms with Crippen molar-refractivity contribution >= 4 is 28.7 Å². The third-order valence-electron chi connectivity index (χ3n) is 5.50. The number of hydrogen-bond donors (Lipinski definition) is 3. The number of benzene rings is 1. The minimum atomic E-state index is -0.762. The summed E-state index contributed by atoms with van der Waals surface area (Å²) in [5, 5.41) is 6.71. The molecule has 27 heavy (non-hydrogen) atoms. The normalized spacial score (nSPS) is 20.4. The van der Waals surface area contributed by atoms with Crippen LogP contribution in [0.3, 0.4) is 0 Å². The molecule has 4 rings (SSSR count). The minimum absolute atomic E-state index is 0.00462. The molecule has 2 aromatic rings. The molecule has 0 spiro atoms. The third-order valence-corrected chi connectivity index (χ3v) is 5.50. The van der Waals surface area contributed by atoms with E-state index in [1.165, 1.54) is 4.90 Å². The number of carbonyl (C=O) groups is 3. The van der Waals surface area contributed by atoms with Crippen molar-refractivity contribution in [1.82, 2.24) is 20.5 Å². The Morgan fingerprint density at radius 1 is 1.19 bits per heavy atom. The van der Waals surface area contributed by atoms with Gasteiger partial charge in [-0.25, -0.2) is 4.79 Å². The molecule has 0 bridgehead atoms. The lowest BCUT2D eigenvalue weighted by molar-refractivity contribution is -0.131. The summed E-state index contributed by atoms with van der Waals surface area (Å²) in [6.45, 7) is 0.299. The fourth-order valence-electron chi connectivity index (χ4n) is 4.04. The van der Waals surface area contributed by atoms with Gasteiger partial charge in [-0.05, 0) is 30.9 Å². The molecule has 1 aliphatic carbocycles. The number of rotatable bonds is 6. The molecule has 1 saturated heterocycles. The zero-order valence-electron chi connectivity index (χ0n) is 15.2. The Morgan fingerprint density at radius 3 is 2.78 bits per heavy atom. The van der Waals surface area contributed by atoms with Crippen LogP contribution in [0.1, 0.15) is 37.7 Å². The van der Waals surface area contributed by atoms with Crippen molar-refractivity contribution in [2.75, 3.05) is 6.54 Å². The van der Waals surface area contributed by atoms with Crippen LogP contribution in [0.2, 0.25) is 0 Å². The number of nitrogens with one attached hydrogen (secondary N) is 3. The maximum atomic E-state index is 12.6. The molecule has 0 unspecified atom stereocenters. The zero-order chi connectivity index (χ0) is 18.8. The summed E-state index contributed by atoms with van der Waals surface area (Å²) >= 11 is 0. The number of para-hydroxylation sites is 1. The molecule has 1 aromatic heterocycles. The van der Waals surface area contributed by atoms with Crippen LogP contribution in [0.25, 0.3) is 10.9 Å². The van der Waals surface area contributed by atoms with Gasteiger partial charge in [0, 0.05) is 29.7 Å². The first-order valence-corrected chi connectivity index (χ1v) is 9.58. The SMILES string of the molecule is O=C(C[C@@H]1NC(=O)N(CCc2c[nH]c3ccccc23)C1=O)NC1CCCC1. The number of aromatic nitrogens is 1. The van der Waals surface area contributed by atoms with Crippen molar-refractivity contribution in [3.8, 4) is 0 Å². The van der Waals surface area contributed by atoms with E-state index in [1.807, 2.05) is 30.5 Å². The molecule has 142 valence electrons. The molecule has 2 aliphatic rings. The van der Waals surface area contributed by atoms with Gasteiger partial charge in [0.15, 0.2) is 0 Å². The lowest BCUT2D eigenvalue weighted by Crippen LogP contribution is -2.39. The monoisotopic (exact) mass is 368 g/mol. The summed E-state index contributed by atoms with van der Waals surface area (Å²) in [7, 11) is 0. The fourth-order valence-corrected chi connectivity index (χ4v) is 4.04. The molecular weight excluding hydrogens is 344 g/mol. The van der Waals surface area contributed by atoms with Crippen molar-refractivity contribution in [2.45, 2.75) is 50.6 Å². The number of aromatic amines is 1. The van der Waals surface area contributed by atoms with Crippen LogP contribution in [-0.4, -0.2) is 46.4 Å². The minimum Gasteiger partial charge on any atom is -0.361 e. The topological polar surface area (TPSA) is 94.3 Å². The Balaban J connectivity index is 1.34. The first kappa shape index (κ1) is 17.6. The summed E-state index contributed by atoms with van der Waals surface area (Å²) in [4.78, 5) is 41.3. The predicted octanol–water partition coefficient (Wildman–Crippen LogP) is 2.08. The van der Waals surface area contributed by atoms with Crippen LogP contribution in [0.15, 0.2) is 30.5 Å². The number of amides is 4. The molecule has 7 nitrogen and oxygen atoms in total. The lowest BCUT2D eigenvalue weighted by atomic mass is 10.1. The van der Waals surface area contributed by atoms with Crippen molar-refractivity contribution in [3.63, 3.8) is 0 Å². The average molecular weight is 368 g/mol. The second-order valence-corrected chi connectivity index (χ2v) is 7.35. The Hall–Kier alpha value is -2.83. The Kier molecular flexibility index (Phi) is 4.83. The largest absolute Gasteiger partial charge is 0.361 e. The molecule has 7 heteroatoms. The molecule has 1 aromatic carbocycles. The highest BCUT2D eigenvalue weighted by atomic mass is 16.2. The van der Waals surface area contributed by atoms with Crippen LogP contribution in [0.5, 0.6) is 0 Å². The van der Waals surface area contributed by atoms with Crippen molar-refractivity contribution in [3.05, 3.63) is 36.0 Å². The van der Waals surface area contributed by atoms with E-state index in [4.69, 9.17) is 0 Å². The zero-order valence-corrected chi connectivity index (χ0v) is 15.2. The molecule has 4 amide bonds. The number of imide groups is 1. The van der Waals surface area contributed by atoms with Gasteiger partial charge < -0.3 is 15.6 Å². The highest BCUT2D eigenvalue weighted by Gasteiger charge is 2.39. The van der Waals surface area contributed by atoms with Gasteiger partial charge in [-0.2, -0.15) is 0 Å². The standard InChI is InChI=1S/C20H24N4O3/c25-18(22-14-5-1-2-6-14)11-17-19(26)24(20(27)23-17)10-9-13-12-21-16-8-4-3-7-15(13)16/h3-4,7-8,12,14,17,21H,1-2,5-6,9-11H2,(H,22,25)(H,23,27)/t17-/m0/s1. The van der Waals surface area contributed by atoms with E-state index in [-0.39, 0.29) is 24.3 Å². The van der Waals surface area contributed by atoms with Crippen molar-refractivity contribution < 1.29 is 14.4 Å². The molecule has 0 radical (unpaired) electrons. The first-order chi connectivity index (χ1) is 13.1. The second-order valence-electron chi connectivity index (χ2n) is 7.35. The summed E-state index contributed by atoms with van der Waals surface area (Å²) < 4.78 is 0. The van der Waals surface area contributed by atoms with Crippen LogP contribution in [-0.2, 0) is 16.0 Å². The number of urea groups is 1. The number of fused-ring (bicyclic) bond motifs is 1. The molecular formula is C20H24N4O3. The smallest absolute Gasteiger partial charge is 0.324 e. The summed E-state index contributed by atoms with van der Waals surface area (Å²) in [6.07, 6.45) is 6.74. The summed E-state index contributed by atoms with van der Waals surface area (Å²) in [5.74, 6) is -0.486. The maximum Gasteiger partial charge on any atom is 0.324 e. The average Bonchev–Trinajstić information content (AvgIpc) is 3.36. The predicted molar refractivity (Wildman–Crippen MR) is 101 cm³/mol. The van der Waals surface area contributed by atoms with Gasteiger partial charge in [0.25, 0.3) is 5.91 Å². The van der Waals surface area contributed by atoms with Crippen molar-refractivity contribution in [2.24, 2.45) is 0 Å². The second kappa shape index (κ2) is 7.42. The first-order valence-electron chi connectivity index (χ1n) is 9.58. The molecule has 2 heterocycles. The molecule has 2 fully saturated rings. The number of carbonyl (C=O) groups excluding carboxylic acids is 3. The van der Waals surface area contributed by atoms with Crippen LogP contribution < -0.4 is 10.6 Å². The van der Waals surface area contributed by atoms with E-state index in [2.05, 4.69) is 15.6 Å². The number of nitrogens with zero attached hydrogens (tertiary/aromatic N) is 1. The quantitative estimate of drug-likeness (QED) is 0.682. The maximum absolute atomic E-state index is 12.6. The molecule has 1 aliphatic heterocycles. The molecule has 1 saturated carbocycles. The summed E-state index contributed by atoms with van der Waals surface area (Å²) in [6, 6.07) is 6.96. The van der Waals surface area contributed by atoms with Crippen LogP contribution in [0.4, 0.5) is 4.79 Å². The van der Waals surface area contributed by atoms with E-state index in [9.17, 15) is 14.4 Å². The highest BCUT2D eigenvalue weighted by molar-refractivity contribution is 6.05. The van der Waals surface area contributed by atoms with Gasteiger partial charge in [0.2, 0.25) is 5.91 Å². The third kappa shape index (κ3) is 3.67. The van der Waals surface area contributed by atoms with Gasteiger partial charge in [0.05, 0.1) is 6.42 Å². The van der Waals surface area contributed by atoms with Gasteiger partial charge in [-0.1, -0.05) is 31.0 Å². The van der Waals surface area contributed by atoms with E-state index >= 15 is 0 Å². The lowest BCUT2D eigenvalue weighted by Gasteiger charge is -2.14.